The molecule has 1 aromatic rings. The van der Waals surface area contributed by atoms with Crippen molar-refractivity contribution in [3.05, 3.63) is 39.4 Å². The van der Waals surface area contributed by atoms with Crippen molar-refractivity contribution in [2.24, 2.45) is 5.92 Å². The molecule has 0 aliphatic rings. The van der Waals surface area contributed by atoms with Crippen LogP contribution >= 0.6 is 0 Å². The number of nitro benzene ring substituents is 1. The van der Waals surface area contributed by atoms with Crippen LogP contribution in [-0.4, -0.2) is 11.5 Å². The van der Waals surface area contributed by atoms with E-state index in [4.69, 9.17) is 5.26 Å². The van der Waals surface area contributed by atoms with Gasteiger partial charge in [-0.25, -0.2) is 0 Å². The molecule has 1 unspecified atom stereocenters. The minimum atomic E-state index is -0.378. The van der Waals surface area contributed by atoms with Crippen molar-refractivity contribution < 1.29 is 4.92 Å². The molecule has 0 aliphatic carbocycles. The van der Waals surface area contributed by atoms with E-state index in [-0.39, 0.29) is 16.5 Å². The van der Waals surface area contributed by atoms with E-state index >= 15 is 0 Å². The highest BCUT2D eigenvalue weighted by atomic mass is 16.6. The highest BCUT2D eigenvalue weighted by Gasteiger charge is 2.10. The highest BCUT2D eigenvalue weighted by molar-refractivity contribution is 5.42. The van der Waals surface area contributed by atoms with Gasteiger partial charge >= 0.3 is 0 Å². The van der Waals surface area contributed by atoms with E-state index in [2.05, 4.69) is 11.4 Å². The van der Waals surface area contributed by atoms with Gasteiger partial charge in [0.1, 0.15) is 0 Å². The zero-order valence-corrected chi connectivity index (χ0v) is 9.93. The molecule has 0 fully saturated rings. The van der Waals surface area contributed by atoms with Gasteiger partial charge in [0.15, 0.2) is 0 Å². The molecule has 0 bridgehead atoms. The molecule has 90 valence electrons. The number of nitrogens with zero attached hydrogens (tertiary/aromatic N) is 2. The van der Waals surface area contributed by atoms with Gasteiger partial charge in [-0.05, 0) is 19.4 Å². The van der Waals surface area contributed by atoms with Gasteiger partial charge < -0.3 is 5.32 Å². The zero-order chi connectivity index (χ0) is 12.8. The Bertz CT molecular complexity index is 452. The maximum absolute atomic E-state index is 10.7. The van der Waals surface area contributed by atoms with Crippen molar-refractivity contribution in [1.29, 1.82) is 5.26 Å². The van der Waals surface area contributed by atoms with Gasteiger partial charge in [-0.2, -0.15) is 5.26 Å². The third-order valence-electron chi connectivity index (χ3n) is 2.47. The highest BCUT2D eigenvalue weighted by Crippen LogP contribution is 2.19. The summed E-state index contributed by atoms with van der Waals surface area (Å²) < 4.78 is 0. The molecule has 5 nitrogen and oxygen atoms in total. The monoisotopic (exact) mass is 233 g/mol. The molecule has 0 saturated heterocycles. The summed E-state index contributed by atoms with van der Waals surface area (Å²) in [5.41, 5.74) is 1.65. The first-order valence-corrected chi connectivity index (χ1v) is 5.39. The number of benzene rings is 1. The van der Waals surface area contributed by atoms with Crippen molar-refractivity contribution in [3.63, 3.8) is 0 Å². The van der Waals surface area contributed by atoms with Gasteiger partial charge in [0, 0.05) is 24.7 Å². The molecule has 1 atom stereocenters. The number of rotatable bonds is 5. The molecule has 0 aromatic heterocycles. The van der Waals surface area contributed by atoms with Crippen LogP contribution in [-0.2, 0) is 6.54 Å². The molecule has 0 aliphatic heterocycles. The summed E-state index contributed by atoms with van der Waals surface area (Å²) in [7, 11) is 0. The lowest BCUT2D eigenvalue weighted by molar-refractivity contribution is -0.385. The molecule has 17 heavy (non-hydrogen) atoms. The molecule has 0 heterocycles. The quantitative estimate of drug-likeness (QED) is 0.624. The Morgan fingerprint density at radius 1 is 1.59 bits per heavy atom. The lowest BCUT2D eigenvalue weighted by Crippen LogP contribution is -2.19. The number of nitriles is 1. The maximum Gasteiger partial charge on any atom is 0.272 e. The fraction of sp³-hybridized carbons (Fsp3) is 0.417. The van der Waals surface area contributed by atoms with Crippen LogP contribution in [0.3, 0.4) is 0 Å². The van der Waals surface area contributed by atoms with Crippen molar-refractivity contribution in [2.45, 2.75) is 20.4 Å². The first-order valence-electron chi connectivity index (χ1n) is 5.39. The van der Waals surface area contributed by atoms with Gasteiger partial charge in [0.25, 0.3) is 5.69 Å². The van der Waals surface area contributed by atoms with Crippen LogP contribution in [0.25, 0.3) is 0 Å². The van der Waals surface area contributed by atoms with E-state index in [1.807, 2.05) is 13.0 Å². The van der Waals surface area contributed by atoms with E-state index < -0.39 is 0 Å². The van der Waals surface area contributed by atoms with Crippen LogP contribution in [0, 0.1) is 34.3 Å². The lowest BCUT2D eigenvalue weighted by atomic mass is 10.1. The average molecular weight is 233 g/mol. The van der Waals surface area contributed by atoms with Crippen LogP contribution < -0.4 is 5.32 Å². The Labute approximate surface area is 100 Å². The Hall–Kier alpha value is -1.93. The maximum atomic E-state index is 10.7. The first kappa shape index (κ1) is 13.1. The molecule has 1 aromatic carbocycles. The summed E-state index contributed by atoms with van der Waals surface area (Å²) in [5.74, 6) is -0.0598. The van der Waals surface area contributed by atoms with Crippen molar-refractivity contribution in [1.82, 2.24) is 5.32 Å². The van der Waals surface area contributed by atoms with Crippen LogP contribution in [0.4, 0.5) is 5.69 Å². The molecular formula is C12H15N3O2. The third-order valence-corrected chi connectivity index (χ3v) is 2.47. The first-order chi connectivity index (χ1) is 8.04. The summed E-state index contributed by atoms with van der Waals surface area (Å²) in [4.78, 5) is 10.4. The minimum absolute atomic E-state index is 0.0598. The standard InChI is InChI=1S/C12H15N3O2/c1-9(6-13)7-14-8-11-4-3-10(2)12(5-11)15(16)17/h3-5,9,14H,7-8H2,1-2H3. The molecule has 0 radical (unpaired) electrons. The van der Waals surface area contributed by atoms with E-state index in [9.17, 15) is 10.1 Å². The van der Waals surface area contributed by atoms with E-state index in [0.29, 0.717) is 18.7 Å². The second-order valence-corrected chi connectivity index (χ2v) is 4.04. The van der Waals surface area contributed by atoms with Crippen LogP contribution in [0.1, 0.15) is 18.1 Å². The van der Waals surface area contributed by atoms with Gasteiger partial charge in [-0.3, -0.25) is 10.1 Å². The molecule has 5 heteroatoms. The van der Waals surface area contributed by atoms with Gasteiger partial charge in [-0.15, -0.1) is 0 Å². The lowest BCUT2D eigenvalue weighted by Gasteiger charge is -2.06. The van der Waals surface area contributed by atoms with Crippen molar-refractivity contribution in [3.8, 4) is 6.07 Å². The minimum Gasteiger partial charge on any atom is -0.311 e. The summed E-state index contributed by atoms with van der Waals surface area (Å²) in [6.07, 6.45) is 0. The third kappa shape index (κ3) is 3.85. The Morgan fingerprint density at radius 3 is 2.88 bits per heavy atom. The van der Waals surface area contributed by atoms with E-state index in [1.54, 1.807) is 19.1 Å². The number of nitro groups is 1. The van der Waals surface area contributed by atoms with E-state index in [1.165, 1.54) is 0 Å². The van der Waals surface area contributed by atoms with E-state index in [0.717, 1.165) is 5.56 Å². The van der Waals surface area contributed by atoms with Crippen LogP contribution in [0.2, 0.25) is 0 Å². The number of aryl methyl sites for hydroxylation is 1. The Morgan fingerprint density at radius 2 is 2.29 bits per heavy atom. The summed E-state index contributed by atoms with van der Waals surface area (Å²) >= 11 is 0. The predicted octanol–water partition coefficient (Wildman–Crippen LogP) is 2.15. The average Bonchev–Trinajstić information content (AvgIpc) is 2.30. The van der Waals surface area contributed by atoms with Crippen LogP contribution in [0.15, 0.2) is 18.2 Å². The largest absolute Gasteiger partial charge is 0.311 e. The van der Waals surface area contributed by atoms with Gasteiger partial charge in [0.2, 0.25) is 0 Å². The van der Waals surface area contributed by atoms with Crippen LogP contribution in [0.5, 0.6) is 0 Å². The summed E-state index contributed by atoms with van der Waals surface area (Å²) in [5, 5.41) is 22.4. The number of hydrogen-bond donors (Lipinski definition) is 1. The number of nitrogens with one attached hydrogen (secondary N) is 1. The molecule has 0 spiro atoms. The molecule has 0 saturated carbocycles. The Kier molecular flexibility index (Phi) is 4.61. The normalized spacial score (nSPS) is 11.8. The Balaban J connectivity index is 2.64. The summed E-state index contributed by atoms with van der Waals surface area (Å²) in [6, 6.07) is 7.28. The molecular weight excluding hydrogens is 218 g/mol. The fourth-order valence-corrected chi connectivity index (χ4v) is 1.44. The second-order valence-electron chi connectivity index (χ2n) is 4.04. The number of hydrogen-bond acceptors (Lipinski definition) is 4. The topological polar surface area (TPSA) is 79.0 Å². The zero-order valence-electron chi connectivity index (χ0n) is 9.93. The fourth-order valence-electron chi connectivity index (χ4n) is 1.44. The molecule has 1 rings (SSSR count). The second kappa shape index (κ2) is 5.97. The SMILES string of the molecule is Cc1ccc(CNCC(C)C#N)cc1[N+](=O)[O-]. The van der Waals surface area contributed by atoms with Gasteiger partial charge in [-0.1, -0.05) is 12.1 Å². The predicted molar refractivity (Wildman–Crippen MR) is 64.3 cm³/mol. The van der Waals surface area contributed by atoms with Crippen molar-refractivity contribution in [2.75, 3.05) is 6.54 Å². The van der Waals surface area contributed by atoms with Crippen molar-refractivity contribution >= 4 is 5.69 Å². The van der Waals surface area contributed by atoms with Gasteiger partial charge in [0.05, 0.1) is 16.9 Å². The molecule has 0 amide bonds. The smallest absolute Gasteiger partial charge is 0.272 e. The molecule has 1 N–H and O–H groups in total. The summed E-state index contributed by atoms with van der Waals surface area (Å²) in [6.45, 7) is 4.66.